The molecule has 0 amide bonds. The van der Waals surface area contributed by atoms with Crippen molar-refractivity contribution in [1.82, 2.24) is 4.57 Å². The van der Waals surface area contributed by atoms with Crippen LogP contribution >= 0.6 is 0 Å². The van der Waals surface area contributed by atoms with E-state index in [-0.39, 0.29) is 22.9 Å². The van der Waals surface area contributed by atoms with Gasteiger partial charge >= 0.3 is 0 Å². The van der Waals surface area contributed by atoms with Crippen molar-refractivity contribution in [3.8, 4) is 39.1 Å². The molecular weight excluding hydrogens is 539 g/mol. The number of halogens is 3. The molecule has 0 fully saturated rings. The Hall–Kier alpha value is -5.09. The number of rotatable bonds is 3. The average molecular weight is 566 g/mol. The van der Waals surface area contributed by atoms with Gasteiger partial charge < -0.3 is 4.57 Å². The quantitative estimate of drug-likeness (QED) is 0.201. The van der Waals surface area contributed by atoms with Gasteiger partial charge in [0.25, 0.3) is 0 Å². The van der Waals surface area contributed by atoms with Gasteiger partial charge in [-0.25, -0.2) is 13.2 Å². The standard InChI is InChI=1S/C39H26F3N/c1-39(2)34-21-27(24-5-13-30(41)14-6-24)10-18-37(34)43-36-17-9-26(23-3-11-29(40)12-4-23)19-32(36)33-20-28(22-35(39)38(33)43)25-7-15-31(42)16-8-25/h3-22H,1-2H3. The van der Waals surface area contributed by atoms with E-state index < -0.39 is 0 Å². The normalized spacial score (nSPS) is 13.4. The number of hydrogen-bond donors (Lipinski definition) is 0. The van der Waals surface area contributed by atoms with Gasteiger partial charge in [-0.1, -0.05) is 62.4 Å². The molecule has 0 N–H and O–H groups in total. The van der Waals surface area contributed by atoms with E-state index in [0.717, 1.165) is 60.9 Å². The minimum atomic E-state index is -0.371. The second kappa shape index (κ2) is 9.20. The summed E-state index contributed by atoms with van der Waals surface area (Å²) in [6.07, 6.45) is 0. The summed E-state index contributed by atoms with van der Waals surface area (Å²) in [5.41, 5.74) is 11.2. The Balaban J connectivity index is 1.44. The van der Waals surface area contributed by atoms with Crippen LogP contribution in [0.3, 0.4) is 0 Å². The predicted molar refractivity (Wildman–Crippen MR) is 169 cm³/mol. The van der Waals surface area contributed by atoms with Gasteiger partial charge in [0.15, 0.2) is 0 Å². The predicted octanol–water partition coefficient (Wildman–Crippen LogP) is 10.8. The third-order valence-electron chi connectivity index (χ3n) is 8.98. The van der Waals surface area contributed by atoms with Gasteiger partial charge in [0.05, 0.1) is 16.7 Å². The molecule has 0 spiro atoms. The van der Waals surface area contributed by atoms with Gasteiger partial charge in [-0.3, -0.25) is 0 Å². The minimum absolute atomic E-state index is 0.259. The zero-order chi connectivity index (χ0) is 29.5. The van der Waals surface area contributed by atoms with E-state index in [1.807, 2.05) is 24.3 Å². The second-order valence-electron chi connectivity index (χ2n) is 11.9. The lowest BCUT2D eigenvalue weighted by molar-refractivity contribution is 0.627. The first-order chi connectivity index (χ1) is 20.8. The summed E-state index contributed by atoms with van der Waals surface area (Å²) in [7, 11) is 0. The summed E-state index contributed by atoms with van der Waals surface area (Å²) in [6, 6.07) is 37.2. The fourth-order valence-corrected chi connectivity index (χ4v) is 6.70. The van der Waals surface area contributed by atoms with Gasteiger partial charge in [-0.15, -0.1) is 0 Å². The third kappa shape index (κ3) is 3.94. The van der Waals surface area contributed by atoms with Crippen LogP contribution in [0, 0.1) is 17.5 Å². The Morgan fingerprint density at radius 3 is 1.47 bits per heavy atom. The molecule has 43 heavy (non-hydrogen) atoms. The van der Waals surface area contributed by atoms with Gasteiger partial charge in [0.1, 0.15) is 17.5 Å². The lowest BCUT2D eigenvalue weighted by atomic mass is 9.73. The molecule has 0 radical (unpaired) electrons. The fraction of sp³-hybridized carbons (Fsp3) is 0.0769. The van der Waals surface area contributed by atoms with E-state index >= 15 is 0 Å². The maximum absolute atomic E-state index is 13.9. The van der Waals surface area contributed by atoms with Crippen molar-refractivity contribution in [2.24, 2.45) is 0 Å². The first-order valence-electron chi connectivity index (χ1n) is 14.3. The van der Waals surface area contributed by atoms with Crippen molar-refractivity contribution in [2.75, 3.05) is 0 Å². The van der Waals surface area contributed by atoms with Crippen LogP contribution in [0.4, 0.5) is 13.2 Å². The minimum Gasteiger partial charge on any atom is -0.309 e. The lowest BCUT2D eigenvalue weighted by Crippen LogP contribution is -2.26. The molecule has 1 aromatic heterocycles. The van der Waals surface area contributed by atoms with E-state index in [1.54, 1.807) is 12.1 Å². The zero-order valence-corrected chi connectivity index (χ0v) is 23.6. The fourth-order valence-electron chi connectivity index (χ4n) is 6.70. The van der Waals surface area contributed by atoms with Crippen LogP contribution in [0.15, 0.2) is 121 Å². The molecule has 1 aliphatic rings. The highest BCUT2D eigenvalue weighted by molar-refractivity contribution is 6.14. The van der Waals surface area contributed by atoms with E-state index in [2.05, 4.69) is 66.9 Å². The molecule has 6 aromatic carbocycles. The third-order valence-corrected chi connectivity index (χ3v) is 8.98. The van der Waals surface area contributed by atoms with Crippen LogP contribution < -0.4 is 0 Å². The second-order valence-corrected chi connectivity index (χ2v) is 11.9. The maximum atomic E-state index is 13.9. The Labute approximate surface area is 247 Å². The SMILES string of the molecule is CC1(C)c2cc(-c3ccc(F)cc3)ccc2-n2c3ccc(-c4ccc(F)cc4)cc3c3cc(-c4ccc(F)cc4)cc1c32. The molecule has 0 unspecified atom stereocenters. The van der Waals surface area contributed by atoms with E-state index in [9.17, 15) is 13.2 Å². The Morgan fingerprint density at radius 2 is 0.884 bits per heavy atom. The van der Waals surface area contributed by atoms with E-state index in [4.69, 9.17) is 0 Å². The highest BCUT2D eigenvalue weighted by atomic mass is 19.1. The van der Waals surface area contributed by atoms with Crippen LogP contribution in [0.25, 0.3) is 60.9 Å². The van der Waals surface area contributed by atoms with Crippen molar-refractivity contribution in [3.63, 3.8) is 0 Å². The first-order valence-corrected chi connectivity index (χ1v) is 14.3. The largest absolute Gasteiger partial charge is 0.309 e. The summed E-state index contributed by atoms with van der Waals surface area (Å²) < 4.78 is 43.7. The Morgan fingerprint density at radius 1 is 0.442 bits per heavy atom. The molecule has 208 valence electrons. The highest BCUT2D eigenvalue weighted by Gasteiger charge is 2.36. The van der Waals surface area contributed by atoms with Crippen molar-refractivity contribution in [3.05, 3.63) is 150 Å². The van der Waals surface area contributed by atoms with Crippen LogP contribution in [0.2, 0.25) is 0 Å². The van der Waals surface area contributed by atoms with Crippen LogP contribution in [0.1, 0.15) is 25.0 Å². The number of nitrogens with zero attached hydrogens (tertiary/aromatic N) is 1. The summed E-state index contributed by atoms with van der Waals surface area (Å²) >= 11 is 0. The smallest absolute Gasteiger partial charge is 0.123 e. The summed E-state index contributed by atoms with van der Waals surface area (Å²) in [5.74, 6) is -0.792. The van der Waals surface area contributed by atoms with Crippen molar-refractivity contribution in [2.45, 2.75) is 19.3 Å². The number of aromatic nitrogens is 1. The molecule has 0 bridgehead atoms. The summed E-state index contributed by atoms with van der Waals surface area (Å²) in [4.78, 5) is 0. The average Bonchev–Trinajstić information content (AvgIpc) is 3.34. The molecule has 1 nitrogen and oxygen atoms in total. The molecule has 0 atom stereocenters. The summed E-state index contributed by atoms with van der Waals surface area (Å²) in [5, 5.41) is 2.20. The van der Waals surface area contributed by atoms with Gasteiger partial charge in [0.2, 0.25) is 0 Å². The monoisotopic (exact) mass is 565 g/mol. The Bertz CT molecular complexity index is 2200. The molecule has 4 heteroatoms. The van der Waals surface area contributed by atoms with Crippen molar-refractivity contribution >= 4 is 21.8 Å². The molecule has 7 aromatic rings. The van der Waals surface area contributed by atoms with Crippen molar-refractivity contribution in [1.29, 1.82) is 0 Å². The summed E-state index contributed by atoms with van der Waals surface area (Å²) in [6.45, 7) is 4.49. The molecule has 2 heterocycles. The van der Waals surface area contributed by atoms with Gasteiger partial charge in [0, 0.05) is 16.2 Å². The van der Waals surface area contributed by atoms with Gasteiger partial charge in [-0.2, -0.15) is 0 Å². The molecule has 1 aliphatic heterocycles. The first kappa shape index (κ1) is 25.6. The van der Waals surface area contributed by atoms with Crippen LogP contribution in [-0.4, -0.2) is 4.57 Å². The topological polar surface area (TPSA) is 4.93 Å². The molecule has 0 saturated carbocycles. The van der Waals surface area contributed by atoms with Crippen molar-refractivity contribution < 1.29 is 13.2 Å². The molecular formula is C39H26F3N. The molecule has 8 rings (SSSR count). The van der Waals surface area contributed by atoms with Crippen LogP contribution in [-0.2, 0) is 5.41 Å². The number of hydrogen-bond acceptors (Lipinski definition) is 0. The maximum Gasteiger partial charge on any atom is 0.123 e. The van der Waals surface area contributed by atoms with E-state index in [0.29, 0.717) is 0 Å². The lowest BCUT2D eigenvalue weighted by Gasteiger charge is -2.35. The van der Waals surface area contributed by atoms with Crippen LogP contribution in [0.5, 0.6) is 0 Å². The Kier molecular flexibility index (Phi) is 5.48. The highest BCUT2D eigenvalue weighted by Crippen LogP contribution is 2.50. The van der Waals surface area contributed by atoms with Gasteiger partial charge in [-0.05, 0) is 117 Å². The molecule has 0 aliphatic carbocycles. The van der Waals surface area contributed by atoms with E-state index in [1.165, 1.54) is 47.5 Å². The number of fused-ring (bicyclic) bond motifs is 5. The zero-order valence-electron chi connectivity index (χ0n) is 23.6. The molecule has 0 saturated heterocycles. The number of benzene rings is 6.